The van der Waals surface area contributed by atoms with Crippen LogP contribution in [0, 0.1) is 0 Å². The Kier molecular flexibility index (Phi) is 4.01. The Balaban J connectivity index is 2.80. The Hall–Kier alpha value is -1.42. The molecule has 1 unspecified atom stereocenters. The molecular formula is C12H18N2O2. The van der Waals surface area contributed by atoms with Gasteiger partial charge in [0.25, 0.3) is 0 Å². The molecule has 0 saturated heterocycles. The number of pyridine rings is 1. The number of carbonyl (C=O) groups excluding carboxylic acids is 1. The molecule has 0 saturated carbocycles. The van der Waals surface area contributed by atoms with Crippen LogP contribution >= 0.6 is 0 Å². The van der Waals surface area contributed by atoms with Gasteiger partial charge in [-0.15, -0.1) is 0 Å². The van der Waals surface area contributed by atoms with Gasteiger partial charge in [0.2, 0.25) is 0 Å². The number of aromatic nitrogens is 1. The van der Waals surface area contributed by atoms with Gasteiger partial charge in [0.05, 0.1) is 0 Å². The Morgan fingerprint density at radius 3 is 2.62 bits per heavy atom. The van der Waals surface area contributed by atoms with Crippen LogP contribution in [-0.4, -0.2) is 23.6 Å². The number of rotatable bonds is 3. The van der Waals surface area contributed by atoms with Gasteiger partial charge in [-0.05, 0) is 39.4 Å². The van der Waals surface area contributed by atoms with Crippen molar-refractivity contribution in [2.75, 3.05) is 7.05 Å². The lowest BCUT2D eigenvalue weighted by atomic mass is 10.1. The number of nitrogens with one attached hydrogen (secondary N) is 1. The van der Waals surface area contributed by atoms with Gasteiger partial charge in [-0.1, -0.05) is 6.07 Å². The lowest BCUT2D eigenvalue weighted by molar-refractivity contribution is -0.157. The summed E-state index contributed by atoms with van der Waals surface area (Å²) in [5.74, 6) is -0.289. The van der Waals surface area contributed by atoms with Crippen LogP contribution in [0.5, 0.6) is 0 Å². The van der Waals surface area contributed by atoms with E-state index in [0.29, 0.717) is 0 Å². The first kappa shape index (κ1) is 12.6. The Morgan fingerprint density at radius 2 is 2.19 bits per heavy atom. The van der Waals surface area contributed by atoms with Crippen LogP contribution in [0.3, 0.4) is 0 Å². The molecule has 0 fully saturated rings. The summed E-state index contributed by atoms with van der Waals surface area (Å²) in [5.41, 5.74) is 0.327. The number of nitrogens with zero attached hydrogens (tertiary/aromatic N) is 1. The number of ether oxygens (including phenoxy) is 1. The molecule has 16 heavy (non-hydrogen) atoms. The Labute approximate surface area is 96.0 Å². The summed E-state index contributed by atoms with van der Waals surface area (Å²) in [7, 11) is 1.72. The summed E-state index contributed by atoms with van der Waals surface area (Å²) >= 11 is 0. The van der Waals surface area contributed by atoms with Crippen molar-refractivity contribution in [3.63, 3.8) is 0 Å². The van der Waals surface area contributed by atoms with Crippen molar-refractivity contribution in [3.05, 3.63) is 30.1 Å². The van der Waals surface area contributed by atoms with Gasteiger partial charge in [0, 0.05) is 12.4 Å². The number of hydrogen-bond donors (Lipinski definition) is 1. The highest BCUT2D eigenvalue weighted by molar-refractivity contribution is 5.77. The molecule has 1 atom stereocenters. The van der Waals surface area contributed by atoms with Crippen molar-refractivity contribution in [2.24, 2.45) is 0 Å². The van der Waals surface area contributed by atoms with E-state index < -0.39 is 11.6 Å². The van der Waals surface area contributed by atoms with Crippen molar-refractivity contribution in [1.29, 1.82) is 0 Å². The maximum atomic E-state index is 11.9. The number of esters is 1. The summed E-state index contributed by atoms with van der Waals surface area (Å²) in [6.45, 7) is 5.54. The molecular weight excluding hydrogens is 204 g/mol. The quantitative estimate of drug-likeness (QED) is 0.791. The molecule has 0 aliphatic carbocycles. The third-order valence-electron chi connectivity index (χ3n) is 1.95. The fraction of sp³-hybridized carbons (Fsp3) is 0.500. The van der Waals surface area contributed by atoms with Crippen LogP contribution in [0.4, 0.5) is 0 Å². The van der Waals surface area contributed by atoms with Crippen LogP contribution in [0.25, 0.3) is 0 Å². The molecule has 0 radical (unpaired) electrons. The predicted molar refractivity (Wildman–Crippen MR) is 61.9 cm³/mol. The molecule has 4 nitrogen and oxygen atoms in total. The van der Waals surface area contributed by atoms with E-state index in [-0.39, 0.29) is 5.97 Å². The molecule has 0 amide bonds. The summed E-state index contributed by atoms with van der Waals surface area (Å²) in [6, 6.07) is 3.18. The van der Waals surface area contributed by atoms with E-state index >= 15 is 0 Å². The molecule has 1 heterocycles. The number of hydrogen-bond acceptors (Lipinski definition) is 4. The molecule has 0 bridgehead atoms. The zero-order valence-corrected chi connectivity index (χ0v) is 10.2. The minimum Gasteiger partial charge on any atom is -0.459 e. The smallest absolute Gasteiger partial charge is 0.328 e. The van der Waals surface area contributed by atoms with Crippen molar-refractivity contribution in [3.8, 4) is 0 Å². The second-order valence-electron chi connectivity index (χ2n) is 4.54. The van der Waals surface area contributed by atoms with E-state index in [9.17, 15) is 4.79 Å². The predicted octanol–water partition coefficient (Wildman–Crippen LogP) is 1.68. The molecule has 0 aromatic carbocycles. The molecule has 1 aromatic heterocycles. The van der Waals surface area contributed by atoms with Crippen molar-refractivity contribution >= 4 is 5.97 Å². The van der Waals surface area contributed by atoms with Gasteiger partial charge < -0.3 is 10.1 Å². The SMILES string of the molecule is CNC(C(=O)OC(C)(C)C)c1cccnc1. The van der Waals surface area contributed by atoms with Crippen LogP contribution in [-0.2, 0) is 9.53 Å². The first-order valence-corrected chi connectivity index (χ1v) is 5.24. The van der Waals surface area contributed by atoms with Gasteiger partial charge in [0.15, 0.2) is 0 Å². The van der Waals surface area contributed by atoms with Crippen LogP contribution in [0.2, 0.25) is 0 Å². The molecule has 88 valence electrons. The first-order chi connectivity index (χ1) is 7.44. The normalized spacial score (nSPS) is 13.2. The fourth-order valence-electron chi connectivity index (χ4n) is 1.33. The van der Waals surface area contributed by atoms with Gasteiger partial charge in [-0.3, -0.25) is 4.98 Å². The third kappa shape index (κ3) is 3.62. The molecule has 1 rings (SSSR count). The second-order valence-corrected chi connectivity index (χ2v) is 4.54. The highest BCUT2D eigenvalue weighted by Gasteiger charge is 2.25. The average molecular weight is 222 g/mol. The highest BCUT2D eigenvalue weighted by Crippen LogP contribution is 2.17. The lowest BCUT2D eigenvalue weighted by Crippen LogP contribution is -2.33. The molecule has 0 spiro atoms. The van der Waals surface area contributed by atoms with Crippen molar-refractivity contribution in [1.82, 2.24) is 10.3 Å². The van der Waals surface area contributed by atoms with E-state index in [0.717, 1.165) is 5.56 Å². The minimum atomic E-state index is -0.478. The Morgan fingerprint density at radius 1 is 1.50 bits per heavy atom. The number of carbonyl (C=O) groups is 1. The lowest BCUT2D eigenvalue weighted by Gasteiger charge is -2.23. The fourth-order valence-corrected chi connectivity index (χ4v) is 1.33. The van der Waals surface area contributed by atoms with Gasteiger partial charge in [0.1, 0.15) is 11.6 Å². The summed E-state index contributed by atoms with van der Waals surface area (Å²) < 4.78 is 5.32. The van der Waals surface area contributed by atoms with E-state index in [4.69, 9.17) is 4.74 Å². The highest BCUT2D eigenvalue weighted by atomic mass is 16.6. The van der Waals surface area contributed by atoms with Crippen molar-refractivity contribution in [2.45, 2.75) is 32.4 Å². The van der Waals surface area contributed by atoms with Crippen LogP contribution in [0.15, 0.2) is 24.5 Å². The average Bonchev–Trinajstić information content (AvgIpc) is 2.17. The summed E-state index contributed by atoms with van der Waals surface area (Å²) in [6.07, 6.45) is 3.33. The van der Waals surface area contributed by atoms with Crippen LogP contribution < -0.4 is 5.32 Å². The Bertz CT molecular complexity index is 344. The van der Waals surface area contributed by atoms with Crippen LogP contribution in [0.1, 0.15) is 32.4 Å². The van der Waals surface area contributed by atoms with E-state index in [1.807, 2.05) is 26.8 Å². The van der Waals surface area contributed by atoms with Crippen molar-refractivity contribution < 1.29 is 9.53 Å². The number of likely N-dealkylation sites (N-methyl/N-ethyl adjacent to an activating group) is 1. The standard InChI is InChI=1S/C12H18N2O2/c1-12(2,3)16-11(15)10(13-4)9-6-5-7-14-8-9/h5-8,10,13H,1-4H3. The first-order valence-electron chi connectivity index (χ1n) is 5.24. The third-order valence-corrected chi connectivity index (χ3v) is 1.95. The molecule has 0 aliphatic heterocycles. The zero-order chi connectivity index (χ0) is 12.2. The van der Waals surface area contributed by atoms with Gasteiger partial charge >= 0.3 is 5.97 Å². The largest absolute Gasteiger partial charge is 0.459 e. The summed E-state index contributed by atoms with van der Waals surface area (Å²) in [4.78, 5) is 15.9. The minimum absolute atomic E-state index is 0.289. The topological polar surface area (TPSA) is 51.2 Å². The monoisotopic (exact) mass is 222 g/mol. The van der Waals surface area contributed by atoms with E-state index in [2.05, 4.69) is 10.3 Å². The molecule has 0 aliphatic rings. The maximum Gasteiger partial charge on any atom is 0.328 e. The molecule has 1 N–H and O–H groups in total. The second kappa shape index (κ2) is 5.07. The zero-order valence-electron chi connectivity index (χ0n) is 10.2. The van der Waals surface area contributed by atoms with E-state index in [1.54, 1.807) is 25.5 Å². The maximum absolute atomic E-state index is 11.9. The van der Waals surface area contributed by atoms with Gasteiger partial charge in [-0.25, -0.2) is 4.79 Å². The molecule has 1 aromatic rings. The van der Waals surface area contributed by atoms with Gasteiger partial charge in [-0.2, -0.15) is 0 Å². The molecule has 4 heteroatoms. The summed E-state index contributed by atoms with van der Waals surface area (Å²) in [5, 5.41) is 2.93. The van der Waals surface area contributed by atoms with E-state index in [1.165, 1.54) is 0 Å².